The number of hydrogen-bond acceptors (Lipinski definition) is 3. The number of imidazole rings is 1. The molecule has 0 N–H and O–H groups in total. The minimum absolute atomic E-state index is 0.298. The zero-order chi connectivity index (χ0) is 22.9. The van der Waals surface area contributed by atoms with Crippen LogP contribution in [0.1, 0.15) is 47.6 Å². The topological polar surface area (TPSA) is 48.5 Å². The van der Waals surface area contributed by atoms with E-state index in [0.29, 0.717) is 29.2 Å². The molecule has 4 aromatic rings. The Morgan fingerprint density at radius 1 is 0.969 bits per heavy atom. The van der Waals surface area contributed by atoms with Crippen molar-refractivity contribution in [3.63, 3.8) is 0 Å². The highest BCUT2D eigenvalue weighted by atomic mass is 19.4. The minimum atomic E-state index is -4.45. The second-order valence-corrected chi connectivity index (χ2v) is 7.04. The van der Waals surface area contributed by atoms with Crippen molar-refractivity contribution in [2.75, 3.05) is 0 Å². The molecule has 0 bridgehead atoms. The Morgan fingerprint density at radius 3 is 2.44 bits per heavy atom. The number of nitrogens with zero attached hydrogens (tertiary/aromatic N) is 5. The van der Waals surface area contributed by atoms with E-state index < -0.39 is 11.7 Å². The fraction of sp³-hybridized carbons (Fsp3) is 0.208. The lowest BCUT2D eigenvalue weighted by atomic mass is 10.1. The van der Waals surface area contributed by atoms with E-state index in [1.165, 1.54) is 10.7 Å². The van der Waals surface area contributed by atoms with Crippen LogP contribution in [0.5, 0.6) is 0 Å². The molecule has 0 saturated carbocycles. The molecule has 2 aromatic heterocycles. The second kappa shape index (κ2) is 8.35. The fourth-order valence-corrected chi connectivity index (χ4v) is 3.45. The molecule has 5 nitrogen and oxygen atoms in total. The largest absolute Gasteiger partial charge is 0.416 e. The SMILES string of the molecule is CC.Cc1ccc(C#Cc2ncn3c2Cc2cnnn2-c2cc(C(F)(F)F)ccc2-3)cc1. The van der Waals surface area contributed by atoms with Crippen LogP contribution in [0.15, 0.2) is 55.0 Å². The Balaban J connectivity index is 0.00000119. The molecule has 2 aromatic carbocycles. The third-order valence-electron chi connectivity index (χ3n) is 5.00. The van der Waals surface area contributed by atoms with Gasteiger partial charge in [-0.15, -0.1) is 5.10 Å². The monoisotopic (exact) mass is 435 g/mol. The standard InChI is InChI=1S/C22H14F3N5.C2H6/c1-14-2-4-15(5-3-14)6-8-18-20-11-17-12-27-28-30(17)21-10-16(22(23,24)25)7-9-19(21)29(20)13-26-18;1-2/h2-5,7,9-10,12-13H,11H2,1H3;1-2H3. The number of fused-ring (bicyclic) bond motifs is 5. The first-order valence-electron chi connectivity index (χ1n) is 10.2. The van der Waals surface area contributed by atoms with Gasteiger partial charge in [-0.25, -0.2) is 9.67 Å². The molecule has 162 valence electrons. The van der Waals surface area contributed by atoms with E-state index in [2.05, 4.69) is 27.1 Å². The van der Waals surface area contributed by atoms with Gasteiger partial charge in [-0.1, -0.05) is 42.7 Å². The van der Waals surface area contributed by atoms with Gasteiger partial charge in [0, 0.05) is 12.0 Å². The summed E-state index contributed by atoms with van der Waals surface area (Å²) in [6.07, 6.45) is -0.935. The van der Waals surface area contributed by atoms with Crippen LogP contribution in [0.4, 0.5) is 13.2 Å². The summed E-state index contributed by atoms with van der Waals surface area (Å²) in [5.41, 5.74) is 4.10. The summed E-state index contributed by atoms with van der Waals surface area (Å²) >= 11 is 0. The molecular formula is C24H20F3N5. The molecule has 0 fully saturated rings. The van der Waals surface area contributed by atoms with Crippen molar-refractivity contribution in [1.29, 1.82) is 0 Å². The van der Waals surface area contributed by atoms with Gasteiger partial charge in [0.05, 0.1) is 34.5 Å². The van der Waals surface area contributed by atoms with Crippen LogP contribution in [0.2, 0.25) is 0 Å². The molecule has 0 spiro atoms. The Bertz CT molecular complexity index is 1320. The van der Waals surface area contributed by atoms with E-state index in [9.17, 15) is 13.2 Å². The van der Waals surface area contributed by atoms with E-state index in [1.807, 2.05) is 45.0 Å². The average molecular weight is 435 g/mol. The summed E-state index contributed by atoms with van der Waals surface area (Å²) in [5.74, 6) is 6.20. The second-order valence-electron chi connectivity index (χ2n) is 7.04. The quantitative estimate of drug-likeness (QED) is 0.318. The lowest BCUT2D eigenvalue weighted by Crippen LogP contribution is -2.09. The summed E-state index contributed by atoms with van der Waals surface area (Å²) in [6.45, 7) is 6.01. The van der Waals surface area contributed by atoms with Crippen LogP contribution in [-0.4, -0.2) is 24.5 Å². The molecule has 3 heterocycles. The third-order valence-corrected chi connectivity index (χ3v) is 5.00. The molecular weight excluding hydrogens is 415 g/mol. The third kappa shape index (κ3) is 3.89. The molecule has 8 heteroatoms. The maximum atomic E-state index is 13.3. The van der Waals surface area contributed by atoms with E-state index in [0.717, 1.165) is 29.0 Å². The Labute approximate surface area is 183 Å². The van der Waals surface area contributed by atoms with Crippen molar-refractivity contribution in [3.05, 3.63) is 88.8 Å². The molecule has 0 aliphatic carbocycles. The number of halogens is 3. The summed E-state index contributed by atoms with van der Waals surface area (Å²) in [4.78, 5) is 4.42. The van der Waals surface area contributed by atoms with Gasteiger partial charge in [-0.3, -0.25) is 4.57 Å². The predicted octanol–water partition coefficient (Wildman–Crippen LogP) is 5.11. The number of hydrogen-bond donors (Lipinski definition) is 0. The molecule has 1 aliphatic rings. The van der Waals surface area contributed by atoms with Gasteiger partial charge in [-0.05, 0) is 43.2 Å². The normalized spacial score (nSPS) is 11.7. The van der Waals surface area contributed by atoms with Gasteiger partial charge >= 0.3 is 6.18 Å². The van der Waals surface area contributed by atoms with Crippen LogP contribution in [0.3, 0.4) is 0 Å². The van der Waals surface area contributed by atoms with Crippen LogP contribution >= 0.6 is 0 Å². The van der Waals surface area contributed by atoms with Crippen LogP contribution in [0, 0.1) is 18.8 Å². The first kappa shape index (κ1) is 21.4. The highest BCUT2D eigenvalue weighted by molar-refractivity contribution is 5.59. The number of benzene rings is 2. The van der Waals surface area contributed by atoms with E-state index in [1.54, 1.807) is 17.1 Å². The van der Waals surface area contributed by atoms with Gasteiger partial charge in [0.15, 0.2) is 0 Å². The van der Waals surface area contributed by atoms with Crippen molar-refractivity contribution in [3.8, 4) is 23.2 Å². The Kier molecular flexibility index (Phi) is 5.57. The minimum Gasteiger partial charge on any atom is -0.299 e. The van der Waals surface area contributed by atoms with Crippen molar-refractivity contribution < 1.29 is 13.2 Å². The van der Waals surface area contributed by atoms with Gasteiger partial charge < -0.3 is 0 Å². The highest BCUT2D eigenvalue weighted by Crippen LogP contribution is 2.35. The first-order valence-corrected chi connectivity index (χ1v) is 10.2. The number of aromatic nitrogens is 5. The van der Waals surface area contributed by atoms with Crippen LogP contribution in [0.25, 0.3) is 11.4 Å². The molecule has 0 radical (unpaired) electrons. The molecule has 32 heavy (non-hydrogen) atoms. The van der Waals surface area contributed by atoms with E-state index >= 15 is 0 Å². The van der Waals surface area contributed by atoms with Crippen molar-refractivity contribution in [1.82, 2.24) is 24.5 Å². The summed E-state index contributed by atoms with van der Waals surface area (Å²) in [7, 11) is 0. The summed E-state index contributed by atoms with van der Waals surface area (Å²) in [6, 6.07) is 11.4. The molecule has 0 atom stereocenters. The number of aryl methyl sites for hydroxylation is 1. The highest BCUT2D eigenvalue weighted by Gasteiger charge is 2.32. The van der Waals surface area contributed by atoms with Crippen LogP contribution < -0.4 is 0 Å². The Hall–Kier alpha value is -3.86. The lowest BCUT2D eigenvalue weighted by Gasteiger charge is -2.13. The van der Waals surface area contributed by atoms with Gasteiger partial charge in [0.25, 0.3) is 0 Å². The van der Waals surface area contributed by atoms with Crippen molar-refractivity contribution in [2.24, 2.45) is 0 Å². The smallest absolute Gasteiger partial charge is 0.299 e. The summed E-state index contributed by atoms with van der Waals surface area (Å²) < 4.78 is 43.0. The van der Waals surface area contributed by atoms with E-state index in [-0.39, 0.29) is 0 Å². The first-order chi connectivity index (χ1) is 15.4. The molecule has 0 saturated heterocycles. The van der Waals surface area contributed by atoms with Crippen LogP contribution in [-0.2, 0) is 12.6 Å². The van der Waals surface area contributed by atoms with Gasteiger partial charge in [0.2, 0.25) is 0 Å². The molecule has 0 amide bonds. The molecule has 5 rings (SSSR count). The molecule has 1 aliphatic heterocycles. The maximum Gasteiger partial charge on any atom is 0.416 e. The van der Waals surface area contributed by atoms with Gasteiger partial charge in [0.1, 0.15) is 12.0 Å². The Morgan fingerprint density at radius 2 is 1.72 bits per heavy atom. The number of alkyl halides is 3. The lowest BCUT2D eigenvalue weighted by molar-refractivity contribution is -0.137. The fourth-order valence-electron chi connectivity index (χ4n) is 3.45. The maximum absolute atomic E-state index is 13.3. The average Bonchev–Trinajstić information content (AvgIpc) is 3.38. The zero-order valence-corrected chi connectivity index (χ0v) is 17.8. The van der Waals surface area contributed by atoms with Gasteiger partial charge in [-0.2, -0.15) is 13.2 Å². The number of rotatable bonds is 0. The summed E-state index contributed by atoms with van der Waals surface area (Å²) in [5, 5.41) is 7.90. The predicted molar refractivity (Wildman–Crippen MR) is 115 cm³/mol. The van der Waals surface area contributed by atoms with E-state index in [4.69, 9.17) is 0 Å². The van der Waals surface area contributed by atoms with Crippen molar-refractivity contribution in [2.45, 2.75) is 33.4 Å². The van der Waals surface area contributed by atoms with Crippen molar-refractivity contribution >= 4 is 0 Å². The molecule has 0 unspecified atom stereocenters. The zero-order valence-electron chi connectivity index (χ0n) is 17.8.